The standard InChI is InChI=1S/C21H22ClN5O3/c1-29-12-19(28)24-20-25-21-23-17(13-3-7-15(22)8-4-13)11-18(27(21)26-20)14-5-9-16(30-2)10-6-14/h3-10,17-18H,11-12H2,1-2H3,(H2,23,24,25,26,28)/t17-,18-/m1/s1. The third-order valence-corrected chi connectivity index (χ3v) is 5.24. The molecule has 1 amide bonds. The lowest BCUT2D eigenvalue weighted by Gasteiger charge is -2.31. The van der Waals surface area contributed by atoms with Gasteiger partial charge in [0.25, 0.3) is 11.9 Å². The number of fused-ring (bicyclic) bond motifs is 1. The first-order valence-corrected chi connectivity index (χ1v) is 9.86. The predicted molar refractivity (Wildman–Crippen MR) is 114 cm³/mol. The molecule has 0 spiro atoms. The van der Waals surface area contributed by atoms with E-state index < -0.39 is 0 Å². The molecule has 1 aliphatic heterocycles. The van der Waals surface area contributed by atoms with Crippen molar-refractivity contribution < 1.29 is 14.3 Å². The highest BCUT2D eigenvalue weighted by atomic mass is 35.5. The Labute approximate surface area is 179 Å². The fourth-order valence-electron chi connectivity index (χ4n) is 3.54. The SMILES string of the molecule is COCC(=O)Nc1nc2n(n1)[C@@H](c1ccc(OC)cc1)C[C@H](c1ccc(Cl)cc1)N2. The summed E-state index contributed by atoms with van der Waals surface area (Å²) >= 11 is 6.05. The van der Waals surface area contributed by atoms with Gasteiger partial charge in [0.05, 0.1) is 19.2 Å². The predicted octanol–water partition coefficient (Wildman–Crippen LogP) is 3.67. The van der Waals surface area contributed by atoms with E-state index in [0.29, 0.717) is 11.0 Å². The maximum Gasteiger partial charge on any atom is 0.252 e. The zero-order valence-electron chi connectivity index (χ0n) is 16.6. The Kier molecular flexibility index (Phi) is 5.87. The van der Waals surface area contributed by atoms with E-state index in [9.17, 15) is 4.79 Å². The number of rotatable bonds is 6. The van der Waals surface area contributed by atoms with Gasteiger partial charge in [0.15, 0.2) is 0 Å². The second-order valence-electron chi connectivity index (χ2n) is 6.96. The van der Waals surface area contributed by atoms with Crippen LogP contribution >= 0.6 is 11.6 Å². The zero-order chi connectivity index (χ0) is 21.1. The summed E-state index contributed by atoms with van der Waals surface area (Å²) in [5.41, 5.74) is 2.16. The van der Waals surface area contributed by atoms with Gasteiger partial charge in [-0.15, -0.1) is 5.10 Å². The van der Waals surface area contributed by atoms with Gasteiger partial charge in [0.2, 0.25) is 5.95 Å². The number of methoxy groups -OCH3 is 2. The van der Waals surface area contributed by atoms with Crippen molar-refractivity contribution in [1.29, 1.82) is 0 Å². The molecule has 0 bridgehead atoms. The average molecular weight is 428 g/mol. The molecule has 3 aromatic rings. The molecule has 1 aliphatic rings. The van der Waals surface area contributed by atoms with Crippen LogP contribution in [0.3, 0.4) is 0 Å². The number of nitrogens with zero attached hydrogens (tertiary/aromatic N) is 3. The summed E-state index contributed by atoms with van der Waals surface area (Å²) in [6.45, 7) is -0.0629. The number of nitrogens with one attached hydrogen (secondary N) is 2. The molecule has 0 radical (unpaired) electrons. The molecule has 0 aliphatic carbocycles. The summed E-state index contributed by atoms with van der Waals surface area (Å²) in [6.07, 6.45) is 0.746. The van der Waals surface area contributed by atoms with Gasteiger partial charge in [-0.2, -0.15) is 4.98 Å². The Balaban J connectivity index is 1.68. The van der Waals surface area contributed by atoms with Crippen molar-refractivity contribution >= 4 is 29.4 Å². The number of hydrogen-bond donors (Lipinski definition) is 2. The van der Waals surface area contributed by atoms with Crippen molar-refractivity contribution in [3.05, 3.63) is 64.7 Å². The molecule has 8 nitrogen and oxygen atoms in total. The molecule has 156 valence electrons. The smallest absolute Gasteiger partial charge is 0.252 e. The molecule has 1 aromatic heterocycles. The number of anilines is 2. The van der Waals surface area contributed by atoms with Crippen molar-refractivity contribution in [2.75, 3.05) is 31.5 Å². The van der Waals surface area contributed by atoms with E-state index >= 15 is 0 Å². The highest BCUT2D eigenvalue weighted by Crippen LogP contribution is 2.38. The number of ether oxygens (including phenoxy) is 2. The van der Waals surface area contributed by atoms with Gasteiger partial charge in [0.1, 0.15) is 12.4 Å². The van der Waals surface area contributed by atoms with Crippen molar-refractivity contribution in [3.63, 3.8) is 0 Å². The fraction of sp³-hybridized carbons (Fsp3) is 0.286. The fourth-order valence-corrected chi connectivity index (χ4v) is 3.67. The summed E-state index contributed by atoms with van der Waals surface area (Å²) in [7, 11) is 3.10. The minimum atomic E-state index is -0.310. The lowest BCUT2D eigenvalue weighted by molar-refractivity contribution is -0.119. The zero-order valence-corrected chi connectivity index (χ0v) is 17.4. The Hall–Kier alpha value is -3.10. The molecule has 2 aromatic carbocycles. The van der Waals surface area contributed by atoms with Gasteiger partial charge < -0.3 is 14.8 Å². The van der Waals surface area contributed by atoms with E-state index in [4.69, 9.17) is 21.1 Å². The molecule has 2 atom stereocenters. The van der Waals surface area contributed by atoms with Crippen LogP contribution in [0.15, 0.2) is 48.5 Å². The van der Waals surface area contributed by atoms with Crippen LogP contribution in [0.2, 0.25) is 5.02 Å². The Morgan fingerprint density at radius 2 is 1.87 bits per heavy atom. The lowest BCUT2D eigenvalue weighted by Crippen LogP contribution is -2.28. The normalized spacial score (nSPS) is 17.7. The van der Waals surface area contributed by atoms with Gasteiger partial charge in [-0.25, -0.2) is 4.68 Å². The van der Waals surface area contributed by atoms with Crippen LogP contribution in [0.1, 0.15) is 29.6 Å². The maximum atomic E-state index is 11.9. The topological polar surface area (TPSA) is 90.3 Å². The highest BCUT2D eigenvalue weighted by Gasteiger charge is 2.31. The van der Waals surface area contributed by atoms with Crippen molar-refractivity contribution in [2.24, 2.45) is 0 Å². The van der Waals surface area contributed by atoms with Gasteiger partial charge in [-0.05, 0) is 41.8 Å². The third kappa shape index (κ3) is 4.24. The first-order chi connectivity index (χ1) is 14.6. The van der Waals surface area contributed by atoms with Crippen LogP contribution in [-0.2, 0) is 9.53 Å². The minimum Gasteiger partial charge on any atom is -0.497 e. The van der Waals surface area contributed by atoms with Crippen LogP contribution in [0.5, 0.6) is 5.75 Å². The third-order valence-electron chi connectivity index (χ3n) is 4.99. The number of aromatic nitrogens is 3. The molecule has 2 N–H and O–H groups in total. The van der Waals surface area contributed by atoms with E-state index in [2.05, 4.69) is 20.7 Å². The molecule has 4 rings (SSSR count). The van der Waals surface area contributed by atoms with Crippen LogP contribution in [0.4, 0.5) is 11.9 Å². The summed E-state index contributed by atoms with van der Waals surface area (Å²) in [5.74, 6) is 1.29. The summed E-state index contributed by atoms with van der Waals surface area (Å²) < 4.78 is 11.9. The maximum absolute atomic E-state index is 11.9. The van der Waals surface area contributed by atoms with Crippen molar-refractivity contribution in [2.45, 2.75) is 18.5 Å². The molecule has 30 heavy (non-hydrogen) atoms. The molecule has 0 fully saturated rings. The van der Waals surface area contributed by atoms with E-state index in [-0.39, 0.29) is 30.5 Å². The van der Waals surface area contributed by atoms with E-state index in [1.807, 2.05) is 48.5 Å². The first kappa shape index (κ1) is 20.2. The Bertz CT molecular complexity index is 1020. The van der Waals surface area contributed by atoms with E-state index in [0.717, 1.165) is 23.3 Å². The van der Waals surface area contributed by atoms with Crippen molar-refractivity contribution in [3.8, 4) is 5.75 Å². The number of benzene rings is 2. The molecular weight excluding hydrogens is 406 g/mol. The molecule has 9 heteroatoms. The van der Waals surface area contributed by atoms with Crippen LogP contribution in [-0.4, -0.2) is 41.5 Å². The van der Waals surface area contributed by atoms with E-state index in [1.54, 1.807) is 11.8 Å². The molecular formula is C21H22ClN5O3. The van der Waals surface area contributed by atoms with Gasteiger partial charge >= 0.3 is 0 Å². The highest BCUT2D eigenvalue weighted by molar-refractivity contribution is 6.30. The quantitative estimate of drug-likeness (QED) is 0.623. The van der Waals surface area contributed by atoms with Crippen LogP contribution < -0.4 is 15.4 Å². The first-order valence-electron chi connectivity index (χ1n) is 9.48. The Morgan fingerprint density at radius 3 is 2.53 bits per heavy atom. The number of amides is 1. The molecule has 2 heterocycles. The summed E-state index contributed by atoms with van der Waals surface area (Å²) in [4.78, 5) is 16.4. The van der Waals surface area contributed by atoms with E-state index in [1.165, 1.54) is 7.11 Å². The molecule has 0 unspecified atom stereocenters. The number of halogens is 1. The van der Waals surface area contributed by atoms with Gasteiger partial charge in [0, 0.05) is 12.1 Å². The van der Waals surface area contributed by atoms with Crippen LogP contribution in [0, 0.1) is 0 Å². The lowest BCUT2D eigenvalue weighted by atomic mass is 9.93. The molecule has 0 saturated heterocycles. The monoisotopic (exact) mass is 427 g/mol. The number of hydrogen-bond acceptors (Lipinski definition) is 6. The summed E-state index contributed by atoms with van der Waals surface area (Å²) in [6, 6.07) is 15.6. The van der Waals surface area contributed by atoms with Crippen LogP contribution in [0.25, 0.3) is 0 Å². The summed E-state index contributed by atoms with van der Waals surface area (Å²) in [5, 5.41) is 11.3. The minimum absolute atomic E-state index is 0.00796. The van der Waals surface area contributed by atoms with Gasteiger partial charge in [-0.1, -0.05) is 35.9 Å². The number of carbonyl (C=O) groups excluding carboxylic acids is 1. The average Bonchev–Trinajstić information content (AvgIpc) is 3.16. The second-order valence-corrected chi connectivity index (χ2v) is 7.39. The second kappa shape index (κ2) is 8.73. The van der Waals surface area contributed by atoms with Crippen molar-refractivity contribution in [1.82, 2.24) is 14.8 Å². The Morgan fingerprint density at radius 1 is 1.17 bits per heavy atom. The largest absolute Gasteiger partial charge is 0.497 e. The number of carbonyl (C=O) groups is 1. The van der Waals surface area contributed by atoms with Gasteiger partial charge in [-0.3, -0.25) is 10.1 Å². The molecule has 0 saturated carbocycles.